The van der Waals surface area contributed by atoms with Gasteiger partial charge in [0.1, 0.15) is 12.1 Å². The smallest absolute Gasteiger partial charge is 0.328 e. The fourth-order valence-electron chi connectivity index (χ4n) is 1.10. The molecule has 0 aliphatic heterocycles. The van der Waals surface area contributed by atoms with E-state index >= 15 is 0 Å². The number of hydrogen-bond acceptors (Lipinski definition) is 4. The number of amides is 1. The van der Waals surface area contributed by atoms with Crippen LogP contribution in [0.5, 0.6) is 0 Å². The predicted molar refractivity (Wildman–Crippen MR) is 55.1 cm³/mol. The number of nitrogens with one attached hydrogen (secondary N) is 1. The van der Waals surface area contributed by atoms with Crippen LogP contribution in [0, 0.1) is 5.92 Å². The molecule has 1 amide bonds. The molecule has 0 rings (SSSR count). The second-order valence-electron chi connectivity index (χ2n) is 3.90. The first kappa shape index (κ1) is 13.9. The number of carbonyl (C=O) groups excluding carboxylic acids is 2. The number of aliphatic hydroxyl groups excluding tert-OH is 1. The molecule has 0 aromatic rings. The molecule has 88 valence electrons. The van der Waals surface area contributed by atoms with Crippen LogP contribution in [0.2, 0.25) is 0 Å². The Morgan fingerprint density at radius 2 is 1.87 bits per heavy atom. The summed E-state index contributed by atoms with van der Waals surface area (Å²) in [4.78, 5) is 22.3. The summed E-state index contributed by atoms with van der Waals surface area (Å²) in [5.74, 6) is -0.846. The zero-order valence-corrected chi connectivity index (χ0v) is 9.61. The van der Waals surface area contributed by atoms with E-state index in [2.05, 4.69) is 10.1 Å². The van der Waals surface area contributed by atoms with Crippen LogP contribution < -0.4 is 5.32 Å². The van der Waals surface area contributed by atoms with Crippen LogP contribution in [0.3, 0.4) is 0 Å². The lowest BCUT2D eigenvalue weighted by Gasteiger charge is -2.16. The maximum Gasteiger partial charge on any atom is 0.328 e. The van der Waals surface area contributed by atoms with Crippen LogP contribution in [0.1, 0.15) is 27.2 Å². The van der Waals surface area contributed by atoms with Gasteiger partial charge in [0.25, 0.3) is 0 Å². The fraction of sp³-hybridized carbons (Fsp3) is 0.800. The van der Waals surface area contributed by atoms with Crippen molar-refractivity contribution < 1.29 is 19.4 Å². The Hall–Kier alpha value is -1.10. The third kappa shape index (κ3) is 5.37. The van der Waals surface area contributed by atoms with Crippen molar-refractivity contribution in [2.24, 2.45) is 5.92 Å². The summed E-state index contributed by atoms with van der Waals surface area (Å²) in [5, 5.41) is 11.8. The van der Waals surface area contributed by atoms with Gasteiger partial charge in [-0.15, -0.1) is 0 Å². The van der Waals surface area contributed by atoms with Gasteiger partial charge in [-0.1, -0.05) is 13.8 Å². The van der Waals surface area contributed by atoms with Crippen LogP contribution in [0.25, 0.3) is 0 Å². The van der Waals surface area contributed by atoms with E-state index in [1.807, 2.05) is 13.8 Å². The average Bonchev–Trinajstić information content (AvgIpc) is 2.15. The van der Waals surface area contributed by atoms with Gasteiger partial charge in [-0.05, 0) is 19.3 Å². The highest BCUT2D eigenvalue weighted by Gasteiger charge is 2.21. The number of hydrogen-bond donors (Lipinski definition) is 2. The number of esters is 1. The minimum absolute atomic E-state index is 0.221. The Bertz CT molecular complexity index is 227. The topological polar surface area (TPSA) is 75.6 Å². The van der Waals surface area contributed by atoms with Gasteiger partial charge in [-0.25, -0.2) is 4.79 Å². The summed E-state index contributed by atoms with van der Waals surface area (Å²) >= 11 is 0. The Labute approximate surface area is 89.8 Å². The third-order valence-electron chi connectivity index (χ3n) is 1.91. The minimum Gasteiger partial charge on any atom is -0.467 e. The molecule has 0 aliphatic rings. The van der Waals surface area contributed by atoms with Crippen LogP contribution in [-0.4, -0.2) is 36.2 Å². The molecule has 0 radical (unpaired) electrons. The monoisotopic (exact) mass is 217 g/mol. The predicted octanol–water partition coefficient (Wildman–Crippen LogP) is 0.0711. The van der Waals surface area contributed by atoms with E-state index in [1.165, 1.54) is 14.0 Å². The molecule has 5 heteroatoms. The second kappa shape index (κ2) is 6.40. The van der Waals surface area contributed by atoms with Crippen LogP contribution in [0.4, 0.5) is 0 Å². The highest BCUT2D eigenvalue weighted by atomic mass is 16.5. The van der Waals surface area contributed by atoms with E-state index in [9.17, 15) is 14.7 Å². The van der Waals surface area contributed by atoms with Crippen LogP contribution in [-0.2, 0) is 14.3 Å². The first-order valence-corrected chi connectivity index (χ1v) is 4.94. The Morgan fingerprint density at radius 3 is 2.27 bits per heavy atom. The molecule has 0 fully saturated rings. The summed E-state index contributed by atoms with van der Waals surface area (Å²) in [6, 6.07) is -0.732. The molecule has 0 aliphatic carbocycles. The molecule has 0 spiro atoms. The summed E-state index contributed by atoms with van der Waals surface area (Å²) < 4.78 is 4.44. The van der Waals surface area contributed by atoms with Crippen molar-refractivity contribution in [3.8, 4) is 0 Å². The minimum atomic E-state index is -1.07. The van der Waals surface area contributed by atoms with Crippen molar-refractivity contribution in [1.82, 2.24) is 5.32 Å². The molecule has 0 unspecified atom stereocenters. The maximum atomic E-state index is 11.3. The van der Waals surface area contributed by atoms with Gasteiger partial charge in [0.05, 0.1) is 7.11 Å². The van der Waals surface area contributed by atoms with E-state index in [0.29, 0.717) is 6.42 Å². The van der Waals surface area contributed by atoms with E-state index < -0.39 is 24.0 Å². The number of carbonyl (C=O) groups is 2. The summed E-state index contributed by atoms with van der Waals surface area (Å²) in [7, 11) is 1.25. The molecule has 0 bridgehead atoms. The molecule has 15 heavy (non-hydrogen) atoms. The van der Waals surface area contributed by atoms with E-state index in [0.717, 1.165) is 0 Å². The van der Waals surface area contributed by atoms with Crippen molar-refractivity contribution in [2.75, 3.05) is 7.11 Å². The Kier molecular flexibility index (Phi) is 5.93. The first-order valence-electron chi connectivity index (χ1n) is 4.94. The summed E-state index contributed by atoms with van der Waals surface area (Å²) in [6.07, 6.45) is -0.697. The van der Waals surface area contributed by atoms with Gasteiger partial charge < -0.3 is 15.2 Å². The number of methoxy groups -OCH3 is 1. The molecule has 2 N–H and O–H groups in total. The van der Waals surface area contributed by atoms with Gasteiger partial charge in [0, 0.05) is 0 Å². The fourth-order valence-corrected chi connectivity index (χ4v) is 1.10. The second-order valence-corrected chi connectivity index (χ2v) is 3.90. The maximum absolute atomic E-state index is 11.3. The molecule has 0 aromatic carbocycles. The summed E-state index contributed by atoms with van der Waals surface area (Å²) in [5.41, 5.74) is 0. The lowest BCUT2D eigenvalue weighted by atomic mass is 10.1. The zero-order valence-electron chi connectivity index (χ0n) is 9.61. The van der Waals surface area contributed by atoms with Gasteiger partial charge in [0.2, 0.25) is 5.91 Å². The van der Waals surface area contributed by atoms with Gasteiger partial charge >= 0.3 is 5.97 Å². The Balaban J connectivity index is 4.07. The van der Waals surface area contributed by atoms with Gasteiger partial charge in [0.15, 0.2) is 0 Å². The van der Waals surface area contributed by atoms with Crippen LogP contribution in [0.15, 0.2) is 0 Å². The molecule has 2 atom stereocenters. The highest BCUT2D eigenvalue weighted by molar-refractivity contribution is 5.86. The number of rotatable bonds is 5. The van der Waals surface area contributed by atoms with Gasteiger partial charge in [-0.2, -0.15) is 0 Å². The van der Waals surface area contributed by atoms with Crippen molar-refractivity contribution in [2.45, 2.75) is 39.3 Å². The largest absolute Gasteiger partial charge is 0.467 e. The number of ether oxygens (including phenoxy) is 1. The molecule has 0 saturated carbocycles. The van der Waals surface area contributed by atoms with Crippen molar-refractivity contribution >= 4 is 11.9 Å². The standard InChI is InChI=1S/C10H19NO4/c1-6(2)5-8(12)9(13)11-7(3)10(14)15-4/h6-8,12H,5H2,1-4H3,(H,11,13)/t7-,8+/m1/s1. The van der Waals surface area contributed by atoms with E-state index in [-0.39, 0.29) is 5.92 Å². The van der Waals surface area contributed by atoms with E-state index in [4.69, 9.17) is 0 Å². The molecule has 0 aromatic heterocycles. The molecular weight excluding hydrogens is 198 g/mol. The molecule has 0 heterocycles. The lowest BCUT2D eigenvalue weighted by Crippen LogP contribution is -2.44. The van der Waals surface area contributed by atoms with Crippen LogP contribution >= 0.6 is 0 Å². The molecule has 0 saturated heterocycles. The first-order chi connectivity index (χ1) is 6.88. The molecular formula is C10H19NO4. The van der Waals surface area contributed by atoms with Gasteiger partial charge in [-0.3, -0.25) is 4.79 Å². The summed E-state index contributed by atoms with van der Waals surface area (Å²) in [6.45, 7) is 5.31. The lowest BCUT2D eigenvalue weighted by molar-refractivity contribution is -0.145. The normalized spacial score (nSPS) is 14.5. The molecule has 5 nitrogen and oxygen atoms in total. The third-order valence-corrected chi connectivity index (χ3v) is 1.91. The Morgan fingerprint density at radius 1 is 1.33 bits per heavy atom. The van der Waals surface area contributed by atoms with E-state index in [1.54, 1.807) is 0 Å². The van der Waals surface area contributed by atoms with Crippen molar-refractivity contribution in [3.63, 3.8) is 0 Å². The number of aliphatic hydroxyl groups is 1. The SMILES string of the molecule is COC(=O)[C@@H](C)NC(=O)[C@@H](O)CC(C)C. The zero-order chi connectivity index (χ0) is 12.0. The van der Waals surface area contributed by atoms with Crippen molar-refractivity contribution in [1.29, 1.82) is 0 Å². The van der Waals surface area contributed by atoms with Crippen molar-refractivity contribution in [3.05, 3.63) is 0 Å². The average molecular weight is 217 g/mol. The quantitative estimate of drug-likeness (QED) is 0.639. The highest BCUT2D eigenvalue weighted by Crippen LogP contribution is 2.04.